The van der Waals surface area contributed by atoms with Crippen LogP contribution in [0.4, 0.5) is 10.5 Å². The van der Waals surface area contributed by atoms with Crippen LogP contribution >= 0.6 is 23.8 Å². The second-order valence-corrected chi connectivity index (χ2v) is 6.47. The van der Waals surface area contributed by atoms with Crippen LogP contribution in [0.25, 0.3) is 0 Å². The highest BCUT2D eigenvalue weighted by molar-refractivity contribution is 7.80. The van der Waals surface area contributed by atoms with Crippen LogP contribution in [0.5, 0.6) is 0 Å². The van der Waals surface area contributed by atoms with E-state index in [0.29, 0.717) is 10.9 Å². The van der Waals surface area contributed by atoms with Gasteiger partial charge in [-0.25, -0.2) is 4.79 Å². The van der Waals surface area contributed by atoms with E-state index in [-0.39, 0.29) is 17.2 Å². The lowest BCUT2D eigenvalue weighted by Gasteiger charge is -2.17. The molecular formula is C16H24ClN3OS. The Morgan fingerprint density at radius 2 is 2.00 bits per heavy atom. The fraction of sp³-hybridized carbons (Fsp3) is 0.500. The van der Waals surface area contributed by atoms with E-state index in [0.717, 1.165) is 24.1 Å². The highest BCUT2D eigenvalue weighted by Crippen LogP contribution is 2.27. The van der Waals surface area contributed by atoms with Crippen LogP contribution in [0.3, 0.4) is 0 Å². The van der Waals surface area contributed by atoms with E-state index < -0.39 is 0 Å². The zero-order valence-corrected chi connectivity index (χ0v) is 15.1. The summed E-state index contributed by atoms with van der Waals surface area (Å²) >= 11 is 11.2. The Balaban J connectivity index is 2.65. The molecule has 1 rings (SSSR count). The minimum atomic E-state index is -0.299. The van der Waals surface area contributed by atoms with Gasteiger partial charge in [-0.05, 0) is 49.2 Å². The van der Waals surface area contributed by atoms with Crippen LogP contribution in [0.2, 0.25) is 5.02 Å². The van der Waals surface area contributed by atoms with E-state index in [2.05, 4.69) is 36.7 Å². The number of carbonyl (C=O) groups excluding carboxylic acids is 1. The molecule has 1 aromatic carbocycles. The fourth-order valence-electron chi connectivity index (χ4n) is 2.16. The van der Waals surface area contributed by atoms with Gasteiger partial charge in [-0.15, -0.1) is 0 Å². The number of urea groups is 1. The predicted molar refractivity (Wildman–Crippen MR) is 97.8 cm³/mol. The molecule has 6 heteroatoms. The molecule has 0 saturated carbocycles. The monoisotopic (exact) mass is 341 g/mol. The van der Waals surface area contributed by atoms with Crippen LogP contribution in [-0.4, -0.2) is 17.2 Å². The first-order chi connectivity index (χ1) is 10.3. The normalized spacial score (nSPS) is 11.9. The Morgan fingerprint density at radius 3 is 2.59 bits per heavy atom. The van der Waals surface area contributed by atoms with Gasteiger partial charge in [0.05, 0.1) is 0 Å². The molecule has 1 unspecified atom stereocenters. The number of hydrogen-bond acceptors (Lipinski definition) is 2. The third kappa shape index (κ3) is 6.20. The number of thiocarbonyl (C=S) groups is 1. The van der Waals surface area contributed by atoms with E-state index >= 15 is 0 Å². The lowest BCUT2D eigenvalue weighted by molar-refractivity contribution is 0.241. The Labute approximate surface area is 143 Å². The van der Waals surface area contributed by atoms with Crippen LogP contribution in [0.1, 0.15) is 52.0 Å². The van der Waals surface area contributed by atoms with Crippen molar-refractivity contribution in [3.63, 3.8) is 0 Å². The highest BCUT2D eigenvalue weighted by Gasteiger charge is 2.11. The molecule has 0 aliphatic heterocycles. The average molecular weight is 342 g/mol. The minimum absolute atomic E-state index is 0.116. The van der Waals surface area contributed by atoms with Gasteiger partial charge in [-0.2, -0.15) is 0 Å². The van der Waals surface area contributed by atoms with E-state index in [4.69, 9.17) is 23.8 Å². The summed E-state index contributed by atoms with van der Waals surface area (Å²) in [5, 5.41) is 9.39. The van der Waals surface area contributed by atoms with Crippen molar-refractivity contribution >= 4 is 40.6 Å². The van der Waals surface area contributed by atoms with Gasteiger partial charge in [-0.3, -0.25) is 5.32 Å². The lowest BCUT2D eigenvalue weighted by atomic mass is 10.0. The average Bonchev–Trinajstić information content (AvgIpc) is 2.37. The topological polar surface area (TPSA) is 53.2 Å². The quantitative estimate of drug-likeness (QED) is 0.683. The largest absolute Gasteiger partial charge is 0.335 e. The van der Waals surface area contributed by atoms with Gasteiger partial charge >= 0.3 is 6.03 Å². The highest BCUT2D eigenvalue weighted by atomic mass is 35.5. The molecule has 3 N–H and O–H groups in total. The number of halogens is 1. The first kappa shape index (κ1) is 18.7. The van der Waals surface area contributed by atoms with E-state index in [9.17, 15) is 4.79 Å². The van der Waals surface area contributed by atoms with Crippen molar-refractivity contribution in [2.45, 2.75) is 52.5 Å². The van der Waals surface area contributed by atoms with Crippen LogP contribution in [0, 0.1) is 0 Å². The van der Waals surface area contributed by atoms with Crippen molar-refractivity contribution in [2.24, 2.45) is 0 Å². The van der Waals surface area contributed by atoms with Gasteiger partial charge in [0.2, 0.25) is 0 Å². The maximum Gasteiger partial charge on any atom is 0.321 e. The number of hydrogen-bond donors (Lipinski definition) is 3. The van der Waals surface area contributed by atoms with E-state index in [1.807, 2.05) is 25.1 Å². The molecule has 0 aromatic heterocycles. The standard InChI is InChI=1S/C16H24ClN3OS/c1-5-6-11(4)18-15(21)20-16(22)19-14-9-12(17)7-8-13(14)10(2)3/h7-11H,5-6H2,1-4H3,(H3,18,19,20,21,22). The molecule has 1 aromatic rings. The van der Waals surface area contributed by atoms with Crippen molar-refractivity contribution < 1.29 is 4.79 Å². The van der Waals surface area contributed by atoms with Crippen LogP contribution in [0.15, 0.2) is 18.2 Å². The van der Waals surface area contributed by atoms with Gasteiger partial charge in [0, 0.05) is 16.8 Å². The maximum absolute atomic E-state index is 11.8. The molecule has 0 saturated heterocycles. The molecule has 0 fully saturated rings. The number of anilines is 1. The summed E-state index contributed by atoms with van der Waals surface area (Å²) < 4.78 is 0. The van der Waals surface area contributed by atoms with Crippen molar-refractivity contribution in [1.82, 2.24) is 10.6 Å². The molecule has 22 heavy (non-hydrogen) atoms. The van der Waals surface area contributed by atoms with Crippen molar-refractivity contribution in [1.29, 1.82) is 0 Å². The van der Waals surface area contributed by atoms with Gasteiger partial charge in [0.25, 0.3) is 0 Å². The third-order valence-electron chi connectivity index (χ3n) is 3.21. The Kier molecular flexibility index (Phi) is 7.62. The van der Waals surface area contributed by atoms with Gasteiger partial charge in [0.15, 0.2) is 5.11 Å². The molecule has 0 radical (unpaired) electrons. The third-order valence-corrected chi connectivity index (χ3v) is 3.65. The smallest absolute Gasteiger partial charge is 0.321 e. The second kappa shape index (κ2) is 8.96. The number of carbonyl (C=O) groups is 1. The summed E-state index contributed by atoms with van der Waals surface area (Å²) in [5.74, 6) is 0.320. The first-order valence-corrected chi connectivity index (χ1v) is 8.30. The van der Waals surface area contributed by atoms with E-state index in [1.165, 1.54) is 0 Å². The molecule has 0 heterocycles. The van der Waals surface area contributed by atoms with Crippen LogP contribution < -0.4 is 16.0 Å². The lowest BCUT2D eigenvalue weighted by Crippen LogP contribution is -2.45. The Morgan fingerprint density at radius 1 is 1.32 bits per heavy atom. The summed E-state index contributed by atoms with van der Waals surface area (Å²) in [7, 11) is 0. The molecule has 0 bridgehead atoms. The predicted octanol–water partition coefficient (Wildman–Crippen LogP) is 4.65. The molecule has 0 spiro atoms. The summed E-state index contributed by atoms with van der Waals surface area (Å²) in [6.07, 6.45) is 1.95. The first-order valence-electron chi connectivity index (χ1n) is 7.51. The summed E-state index contributed by atoms with van der Waals surface area (Å²) in [6.45, 7) is 8.22. The minimum Gasteiger partial charge on any atom is -0.335 e. The second-order valence-electron chi connectivity index (χ2n) is 5.63. The summed E-state index contributed by atoms with van der Waals surface area (Å²) in [6, 6.07) is 5.43. The molecule has 0 aliphatic carbocycles. The fourth-order valence-corrected chi connectivity index (χ4v) is 2.54. The SMILES string of the molecule is CCCC(C)NC(=O)NC(=S)Nc1cc(Cl)ccc1C(C)C. The molecular weight excluding hydrogens is 318 g/mol. The van der Waals surface area contributed by atoms with Crippen LogP contribution in [-0.2, 0) is 0 Å². The Bertz CT molecular complexity index is 534. The molecule has 0 aliphatic rings. The van der Waals surface area contributed by atoms with Gasteiger partial charge in [-0.1, -0.05) is 44.9 Å². The molecule has 1 atom stereocenters. The summed E-state index contributed by atoms with van der Waals surface area (Å²) in [5.41, 5.74) is 1.91. The Hall–Kier alpha value is -1.33. The number of amides is 2. The molecule has 2 amide bonds. The maximum atomic E-state index is 11.8. The zero-order chi connectivity index (χ0) is 16.7. The number of nitrogens with one attached hydrogen (secondary N) is 3. The van der Waals surface area contributed by atoms with Gasteiger partial charge < -0.3 is 10.6 Å². The molecule has 4 nitrogen and oxygen atoms in total. The molecule has 122 valence electrons. The number of benzene rings is 1. The summed E-state index contributed by atoms with van der Waals surface area (Å²) in [4.78, 5) is 11.8. The van der Waals surface area contributed by atoms with E-state index in [1.54, 1.807) is 0 Å². The zero-order valence-electron chi connectivity index (χ0n) is 13.5. The van der Waals surface area contributed by atoms with Crippen molar-refractivity contribution in [3.8, 4) is 0 Å². The number of rotatable bonds is 5. The van der Waals surface area contributed by atoms with Crippen molar-refractivity contribution in [2.75, 3.05) is 5.32 Å². The van der Waals surface area contributed by atoms with Crippen molar-refractivity contribution in [3.05, 3.63) is 28.8 Å². The van der Waals surface area contributed by atoms with Gasteiger partial charge in [0.1, 0.15) is 0 Å².